The predicted molar refractivity (Wildman–Crippen MR) is 78.2 cm³/mol. The van der Waals surface area contributed by atoms with Crippen molar-refractivity contribution in [3.8, 4) is 0 Å². The van der Waals surface area contributed by atoms with Crippen LogP contribution >= 0.6 is 0 Å². The van der Waals surface area contributed by atoms with Crippen molar-refractivity contribution in [1.82, 2.24) is 5.32 Å². The van der Waals surface area contributed by atoms with Gasteiger partial charge in [0, 0.05) is 5.39 Å². The average Bonchev–Trinajstić information content (AvgIpc) is 2.81. The largest absolute Gasteiger partial charge is 0.459 e. The highest BCUT2D eigenvalue weighted by Gasteiger charge is 2.18. The standard InChI is InChI=1S/C17H15F2NO/c1-10-5-12(8-14(19)6-10)17(20-2)16-9-11-7-13(18)3-4-15(11)21-16/h3-9,17,20H,1-2H3. The quantitative estimate of drug-likeness (QED) is 0.775. The first-order valence-electron chi connectivity index (χ1n) is 6.70. The second-order valence-corrected chi connectivity index (χ2v) is 5.11. The van der Waals surface area contributed by atoms with Gasteiger partial charge < -0.3 is 9.73 Å². The summed E-state index contributed by atoms with van der Waals surface area (Å²) in [5.41, 5.74) is 2.22. The molecule has 0 saturated carbocycles. The summed E-state index contributed by atoms with van der Waals surface area (Å²) in [5, 5.41) is 3.80. The first-order chi connectivity index (χ1) is 10.1. The Hall–Kier alpha value is -2.20. The molecule has 3 aromatic rings. The van der Waals surface area contributed by atoms with Crippen molar-refractivity contribution in [2.24, 2.45) is 0 Å². The Labute approximate surface area is 121 Å². The molecule has 1 aromatic heterocycles. The molecule has 0 aliphatic rings. The highest BCUT2D eigenvalue weighted by atomic mass is 19.1. The van der Waals surface area contributed by atoms with Gasteiger partial charge in [0.2, 0.25) is 0 Å². The molecule has 1 atom stereocenters. The summed E-state index contributed by atoms with van der Waals surface area (Å²) in [7, 11) is 1.78. The van der Waals surface area contributed by atoms with Crippen LogP contribution in [0.1, 0.15) is 22.9 Å². The van der Waals surface area contributed by atoms with Crippen LogP contribution in [-0.2, 0) is 0 Å². The second kappa shape index (κ2) is 5.30. The zero-order valence-electron chi connectivity index (χ0n) is 11.8. The average molecular weight is 287 g/mol. The summed E-state index contributed by atoms with van der Waals surface area (Å²) in [6.45, 7) is 1.84. The van der Waals surface area contributed by atoms with E-state index in [1.165, 1.54) is 24.3 Å². The molecule has 0 spiro atoms. The van der Waals surface area contributed by atoms with Crippen LogP contribution < -0.4 is 5.32 Å². The van der Waals surface area contributed by atoms with Crippen LogP contribution in [0, 0.1) is 18.6 Å². The second-order valence-electron chi connectivity index (χ2n) is 5.11. The Morgan fingerprint density at radius 1 is 1.00 bits per heavy atom. The zero-order valence-corrected chi connectivity index (χ0v) is 11.8. The number of furan rings is 1. The maximum Gasteiger partial charge on any atom is 0.134 e. The minimum absolute atomic E-state index is 0.283. The molecule has 3 rings (SSSR count). The Balaban J connectivity index is 2.08. The van der Waals surface area contributed by atoms with Gasteiger partial charge in [0.25, 0.3) is 0 Å². The molecule has 0 radical (unpaired) electrons. The Morgan fingerprint density at radius 3 is 2.52 bits per heavy atom. The molecule has 2 aromatic carbocycles. The van der Waals surface area contributed by atoms with Crippen molar-refractivity contribution in [3.05, 3.63) is 71.0 Å². The molecule has 1 N–H and O–H groups in total. The van der Waals surface area contributed by atoms with Crippen LogP contribution in [0.2, 0.25) is 0 Å². The number of benzene rings is 2. The smallest absolute Gasteiger partial charge is 0.134 e. The Bertz CT molecular complexity index is 774. The van der Waals surface area contributed by atoms with E-state index >= 15 is 0 Å². The summed E-state index contributed by atoms with van der Waals surface area (Å²) < 4.78 is 32.6. The van der Waals surface area contributed by atoms with Crippen molar-refractivity contribution >= 4 is 11.0 Å². The van der Waals surface area contributed by atoms with E-state index < -0.39 is 0 Å². The van der Waals surface area contributed by atoms with E-state index in [0.717, 1.165) is 11.1 Å². The van der Waals surface area contributed by atoms with Crippen LogP contribution in [0.25, 0.3) is 11.0 Å². The van der Waals surface area contributed by atoms with E-state index in [0.29, 0.717) is 16.7 Å². The van der Waals surface area contributed by atoms with E-state index in [4.69, 9.17) is 4.42 Å². The first kappa shape index (κ1) is 13.8. The SMILES string of the molecule is CNC(c1cc(C)cc(F)c1)c1cc2cc(F)ccc2o1. The summed E-state index contributed by atoms with van der Waals surface area (Å²) in [4.78, 5) is 0. The van der Waals surface area contributed by atoms with Crippen LogP contribution in [-0.4, -0.2) is 7.05 Å². The number of hydrogen-bond donors (Lipinski definition) is 1. The fourth-order valence-corrected chi connectivity index (χ4v) is 2.58. The number of hydrogen-bond acceptors (Lipinski definition) is 2. The lowest BCUT2D eigenvalue weighted by molar-refractivity contribution is 0.489. The predicted octanol–water partition coefficient (Wildman–Crippen LogP) is 4.33. The van der Waals surface area contributed by atoms with E-state index in [2.05, 4.69) is 5.32 Å². The van der Waals surface area contributed by atoms with E-state index in [1.807, 2.05) is 13.0 Å². The normalized spacial score (nSPS) is 12.8. The summed E-state index contributed by atoms with van der Waals surface area (Å²) >= 11 is 0. The van der Waals surface area contributed by atoms with Gasteiger partial charge in [-0.05, 0) is 61.5 Å². The van der Waals surface area contributed by atoms with Gasteiger partial charge in [-0.15, -0.1) is 0 Å². The third-order valence-electron chi connectivity index (χ3n) is 3.47. The molecule has 0 fully saturated rings. The monoisotopic (exact) mass is 287 g/mol. The number of nitrogens with one attached hydrogen (secondary N) is 1. The molecule has 108 valence electrons. The molecular weight excluding hydrogens is 272 g/mol. The maximum atomic E-state index is 13.6. The highest BCUT2D eigenvalue weighted by Crippen LogP contribution is 2.29. The molecular formula is C17H15F2NO. The molecule has 4 heteroatoms. The van der Waals surface area contributed by atoms with Crippen molar-refractivity contribution < 1.29 is 13.2 Å². The van der Waals surface area contributed by atoms with Crippen molar-refractivity contribution in [1.29, 1.82) is 0 Å². The lowest BCUT2D eigenvalue weighted by Crippen LogP contribution is -2.17. The molecule has 21 heavy (non-hydrogen) atoms. The van der Waals surface area contributed by atoms with E-state index in [9.17, 15) is 8.78 Å². The Morgan fingerprint density at radius 2 is 1.81 bits per heavy atom. The number of fused-ring (bicyclic) bond motifs is 1. The van der Waals surface area contributed by atoms with Gasteiger partial charge in [-0.25, -0.2) is 8.78 Å². The lowest BCUT2D eigenvalue weighted by atomic mass is 10.0. The van der Waals surface area contributed by atoms with Crippen LogP contribution in [0.5, 0.6) is 0 Å². The molecule has 1 heterocycles. The minimum atomic E-state index is -0.308. The molecule has 0 bridgehead atoms. The third-order valence-corrected chi connectivity index (χ3v) is 3.47. The molecule has 0 saturated heterocycles. The molecule has 0 aliphatic carbocycles. The van der Waals surface area contributed by atoms with Crippen molar-refractivity contribution in [2.45, 2.75) is 13.0 Å². The molecule has 1 unspecified atom stereocenters. The van der Waals surface area contributed by atoms with Gasteiger partial charge in [0.05, 0.1) is 6.04 Å². The summed E-state index contributed by atoms with van der Waals surface area (Å²) in [5.74, 6) is 0.0352. The van der Waals surface area contributed by atoms with Gasteiger partial charge in [-0.1, -0.05) is 6.07 Å². The highest BCUT2D eigenvalue weighted by molar-refractivity contribution is 5.78. The third kappa shape index (κ3) is 2.67. The minimum Gasteiger partial charge on any atom is -0.459 e. The van der Waals surface area contributed by atoms with Gasteiger partial charge in [-0.2, -0.15) is 0 Å². The van der Waals surface area contributed by atoms with E-state index in [1.54, 1.807) is 19.2 Å². The fraction of sp³-hybridized carbons (Fsp3) is 0.176. The van der Waals surface area contributed by atoms with Crippen molar-refractivity contribution in [3.63, 3.8) is 0 Å². The fourth-order valence-electron chi connectivity index (χ4n) is 2.58. The molecule has 2 nitrogen and oxygen atoms in total. The van der Waals surface area contributed by atoms with Gasteiger partial charge >= 0.3 is 0 Å². The maximum absolute atomic E-state index is 13.6. The van der Waals surface area contributed by atoms with Crippen LogP contribution in [0.4, 0.5) is 8.78 Å². The van der Waals surface area contributed by atoms with Crippen LogP contribution in [0.3, 0.4) is 0 Å². The Kier molecular flexibility index (Phi) is 3.47. The zero-order chi connectivity index (χ0) is 15.0. The lowest BCUT2D eigenvalue weighted by Gasteiger charge is -2.14. The number of rotatable bonds is 3. The topological polar surface area (TPSA) is 25.2 Å². The van der Waals surface area contributed by atoms with Crippen LogP contribution in [0.15, 0.2) is 46.9 Å². The van der Waals surface area contributed by atoms with E-state index in [-0.39, 0.29) is 17.7 Å². The summed E-state index contributed by atoms with van der Waals surface area (Å²) in [6, 6.07) is 10.7. The number of halogens is 2. The first-order valence-corrected chi connectivity index (χ1v) is 6.70. The van der Waals surface area contributed by atoms with Gasteiger partial charge in [0.15, 0.2) is 0 Å². The molecule has 0 amide bonds. The van der Waals surface area contributed by atoms with Gasteiger partial charge in [-0.3, -0.25) is 0 Å². The molecule has 0 aliphatic heterocycles. The summed E-state index contributed by atoms with van der Waals surface area (Å²) in [6.07, 6.45) is 0. The van der Waals surface area contributed by atoms with Crippen molar-refractivity contribution in [2.75, 3.05) is 7.05 Å². The van der Waals surface area contributed by atoms with Gasteiger partial charge in [0.1, 0.15) is 23.0 Å². The number of aryl methyl sites for hydroxylation is 1.